The van der Waals surface area contributed by atoms with Gasteiger partial charge < -0.3 is 5.32 Å². The predicted molar refractivity (Wildman–Crippen MR) is 131 cm³/mol. The second kappa shape index (κ2) is 10.8. The number of para-hydroxylation sites is 1. The predicted octanol–water partition coefficient (Wildman–Crippen LogP) is 2.95. The van der Waals surface area contributed by atoms with Gasteiger partial charge in [0.15, 0.2) is 5.71 Å². The van der Waals surface area contributed by atoms with Crippen LogP contribution in [0.2, 0.25) is 0 Å². The van der Waals surface area contributed by atoms with Gasteiger partial charge in [-0.15, -0.1) is 0 Å². The third-order valence-corrected chi connectivity index (χ3v) is 7.32. The molecule has 0 spiro atoms. The molecular weight excluding hydrogens is 475 g/mol. The maximum atomic E-state index is 11.7. The summed E-state index contributed by atoms with van der Waals surface area (Å²) in [6.45, 7) is 4.46. The molecule has 2 aromatic rings. The monoisotopic (exact) mass is 503 g/mol. The van der Waals surface area contributed by atoms with E-state index in [0.717, 1.165) is 17.1 Å². The normalized spacial score (nSPS) is 18.3. The van der Waals surface area contributed by atoms with Gasteiger partial charge in [-0.05, 0) is 51.0 Å². The van der Waals surface area contributed by atoms with Crippen molar-refractivity contribution in [3.8, 4) is 0 Å². The summed E-state index contributed by atoms with van der Waals surface area (Å²) >= 11 is 0. The van der Waals surface area contributed by atoms with E-state index in [4.69, 9.17) is 0 Å². The minimum absolute atomic E-state index is 0. The van der Waals surface area contributed by atoms with E-state index < -0.39 is 31.4 Å². The van der Waals surface area contributed by atoms with Crippen molar-refractivity contribution in [2.75, 3.05) is 17.6 Å². The van der Waals surface area contributed by atoms with Crippen LogP contribution in [0.4, 0.5) is 11.4 Å². The zero-order valence-electron chi connectivity index (χ0n) is 17.9. The van der Waals surface area contributed by atoms with Gasteiger partial charge in [-0.3, -0.25) is 9.11 Å². The molecule has 33 heavy (non-hydrogen) atoms. The standard InChI is InChI=1S/C22H26N2O6S2.Na.H/c1-3-24-20-11-10-18(32(28,29)30)16-19(20)22(2,13-7-15-31(25,26)27)21(24)12-14-23-17-8-5-4-6-9-17;;/h4-6,8-12,14,16H,3,7,13,15H2,1-2H3,(H2,25,26,27,28,29,30);;/p+1. The van der Waals surface area contributed by atoms with Crippen molar-refractivity contribution in [2.45, 2.75) is 37.0 Å². The van der Waals surface area contributed by atoms with Crippen molar-refractivity contribution in [1.82, 2.24) is 0 Å². The summed E-state index contributed by atoms with van der Waals surface area (Å²) in [5, 5.41) is 3.20. The molecule has 0 aliphatic carbocycles. The number of anilines is 1. The fraction of sp³-hybridized carbons (Fsp3) is 0.318. The Bertz CT molecular complexity index is 1280. The summed E-state index contributed by atoms with van der Waals surface area (Å²) < 4.78 is 66.8. The quantitative estimate of drug-likeness (QED) is 0.273. The molecule has 0 amide bonds. The van der Waals surface area contributed by atoms with Crippen molar-refractivity contribution in [3.63, 3.8) is 0 Å². The van der Waals surface area contributed by atoms with Gasteiger partial charge in [-0.1, -0.05) is 18.2 Å². The summed E-state index contributed by atoms with van der Waals surface area (Å²) in [5.74, 6) is -0.401. The van der Waals surface area contributed by atoms with E-state index in [0.29, 0.717) is 18.5 Å². The molecule has 1 aliphatic heterocycles. The van der Waals surface area contributed by atoms with Gasteiger partial charge in [0.25, 0.3) is 20.2 Å². The number of nitrogens with one attached hydrogen (secondary N) is 1. The Kier molecular flexibility index (Phi) is 9.08. The first-order valence-corrected chi connectivity index (χ1v) is 13.2. The molecule has 1 heterocycles. The van der Waals surface area contributed by atoms with Crippen LogP contribution < -0.4 is 5.32 Å². The number of hydrogen-bond acceptors (Lipinski definition) is 5. The van der Waals surface area contributed by atoms with Crippen LogP contribution in [0.1, 0.15) is 32.3 Å². The van der Waals surface area contributed by atoms with Crippen molar-refractivity contribution >= 4 is 66.9 Å². The molecular formula is C22H28N2NaO6S2+. The first-order valence-electron chi connectivity index (χ1n) is 10.2. The molecule has 1 aliphatic rings. The number of benzene rings is 2. The number of rotatable bonds is 9. The molecule has 0 fully saturated rings. The van der Waals surface area contributed by atoms with E-state index >= 15 is 0 Å². The van der Waals surface area contributed by atoms with Crippen LogP contribution >= 0.6 is 0 Å². The molecule has 0 radical (unpaired) electrons. The van der Waals surface area contributed by atoms with Crippen LogP contribution in [0, 0.1) is 0 Å². The molecule has 2 aromatic carbocycles. The van der Waals surface area contributed by atoms with Crippen LogP contribution in [0.25, 0.3) is 0 Å². The van der Waals surface area contributed by atoms with Gasteiger partial charge in [0.05, 0.1) is 16.1 Å². The topological polar surface area (TPSA) is 124 Å². The van der Waals surface area contributed by atoms with Crippen molar-refractivity contribution in [3.05, 3.63) is 66.4 Å². The van der Waals surface area contributed by atoms with Crippen LogP contribution in [0.15, 0.2) is 65.7 Å². The molecule has 3 rings (SSSR count). The second-order valence-corrected chi connectivity index (χ2v) is 10.8. The van der Waals surface area contributed by atoms with E-state index in [-0.39, 0.29) is 40.9 Å². The van der Waals surface area contributed by atoms with Gasteiger partial charge in [0.1, 0.15) is 6.54 Å². The van der Waals surface area contributed by atoms with Crippen LogP contribution in [0.5, 0.6) is 0 Å². The summed E-state index contributed by atoms with van der Waals surface area (Å²) in [7, 11) is -8.54. The Balaban J connectivity index is 0.00000385. The molecule has 0 aromatic heterocycles. The molecule has 174 valence electrons. The molecule has 11 heteroatoms. The van der Waals surface area contributed by atoms with E-state index in [1.165, 1.54) is 12.1 Å². The van der Waals surface area contributed by atoms with E-state index in [2.05, 4.69) is 5.32 Å². The van der Waals surface area contributed by atoms with E-state index in [1.54, 1.807) is 12.3 Å². The summed E-state index contributed by atoms with van der Waals surface area (Å²) in [6, 6.07) is 14.0. The molecule has 0 saturated carbocycles. The molecule has 1 atom stereocenters. The third kappa shape index (κ3) is 6.54. The Morgan fingerprint density at radius 2 is 1.73 bits per heavy atom. The summed E-state index contributed by atoms with van der Waals surface area (Å²) in [6.07, 6.45) is 4.18. The van der Waals surface area contributed by atoms with Gasteiger partial charge in [-0.25, -0.2) is 0 Å². The average Bonchev–Trinajstić information content (AvgIpc) is 2.95. The Morgan fingerprint density at radius 3 is 2.30 bits per heavy atom. The van der Waals surface area contributed by atoms with Crippen LogP contribution in [-0.2, 0) is 25.7 Å². The minimum atomic E-state index is -4.41. The molecule has 8 nitrogen and oxygen atoms in total. The van der Waals surface area contributed by atoms with E-state index in [1.807, 2.05) is 54.8 Å². The summed E-state index contributed by atoms with van der Waals surface area (Å²) in [4.78, 5) is -0.221. The van der Waals surface area contributed by atoms with Gasteiger partial charge in [-0.2, -0.15) is 21.4 Å². The first-order chi connectivity index (χ1) is 15.0. The zero-order chi connectivity index (χ0) is 23.6. The fourth-order valence-electron chi connectivity index (χ4n) is 4.16. The van der Waals surface area contributed by atoms with Gasteiger partial charge in [0.2, 0.25) is 5.69 Å². The SMILES string of the molecule is CC[N+]1=C(/C=C/Nc2ccccc2)C(C)(CCCS(=O)(=O)O)c2cc(S(=O)(=O)O)ccc21.[NaH]. The number of fused-ring (bicyclic) bond motifs is 1. The van der Waals surface area contributed by atoms with Gasteiger partial charge >= 0.3 is 29.6 Å². The Labute approximate surface area is 217 Å². The van der Waals surface area contributed by atoms with Gasteiger partial charge in [0, 0.05) is 29.6 Å². The Hall–Kier alpha value is -1.53. The average molecular weight is 504 g/mol. The zero-order valence-corrected chi connectivity index (χ0v) is 19.5. The summed E-state index contributed by atoms with van der Waals surface area (Å²) in [5.41, 5.74) is 2.45. The third-order valence-electron chi connectivity index (χ3n) is 5.67. The number of nitrogens with zero attached hydrogens (tertiary/aromatic N) is 1. The van der Waals surface area contributed by atoms with Crippen LogP contribution in [0.3, 0.4) is 0 Å². The van der Waals surface area contributed by atoms with Crippen molar-refractivity contribution in [1.29, 1.82) is 0 Å². The second-order valence-electron chi connectivity index (χ2n) is 7.85. The molecule has 1 unspecified atom stereocenters. The Morgan fingerprint density at radius 1 is 1.06 bits per heavy atom. The molecule has 0 saturated heterocycles. The molecule has 0 bridgehead atoms. The molecule has 3 N–H and O–H groups in total. The fourth-order valence-corrected chi connectivity index (χ4v) is 5.17. The van der Waals surface area contributed by atoms with Crippen LogP contribution in [-0.4, -0.2) is 78.1 Å². The maximum absolute atomic E-state index is 11.7. The van der Waals surface area contributed by atoms with E-state index in [9.17, 15) is 25.9 Å². The first kappa shape index (κ1) is 27.7. The van der Waals surface area contributed by atoms with Crippen molar-refractivity contribution in [2.24, 2.45) is 0 Å². The number of hydrogen-bond donors (Lipinski definition) is 3. The van der Waals surface area contributed by atoms with Crippen molar-refractivity contribution < 1.29 is 30.5 Å². The number of allylic oxidation sites excluding steroid dienone is 1.